The maximum atomic E-state index is 12.4. The van der Waals surface area contributed by atoms with Crippen molar-refractivity contribution < 1.29 is 22.7 Å². The van der Waals surface area contributed by atoms with Crippen LogP contribution in [0.25, 0.3) is 22.0 Å². The molecular formula is C20H15F2N3O3S2. The smallest absolute Gasteiger partial charge is 0.387 e. The zero-order chi connectivity index (χ0) is 21.1. The number of thiazole rings is 1. The van der Waals surface area contributed by atoms with E-state index in [0.717, 1.165) is 15.3 Å². The first kappa shape index (κ1) is 20.2. The fraction of sp³-hybridized carbons (Fsp3) is 0.150. The van der Waals surface area contributed by atoms with Crippen molar-refractivity contribution >= 4 is 33.7 Å². The average molecular weight is 447 g/mol. The number of anilines is 1. The second kappa shape index (κ2) is 8.72. The SMILES string of the molecule is Cc1sc(NC(=O)Cc2coc(-c3cccs3)n2)nc1-c1ccc(OC(F)F)cc1. The zero-order valence-electron chi connectivity index (χ0n) is 15.6. The largest absolute Gasteiger partial charge is 0.444 e. The Labute approximate surface area is 178 Å². The highest BCUT2D eigenvalue weighted by molar-refractivity contribution is 7.16. The van der Waals surface area contributed by atoms with Crippen LogP contribution in [-0.4, -0.2) is 22.5 Å². The summed E-state index contributed by atoms with van der Waals surface area (Å²) in [7, 11) is 0. The molecule has 0 atom stereocenters. The van der Waals surface area contributed by atoms with Gasteiger partial charge in [-0.2, -0.15) is 8.78 Å². The predicted molar refractivity (Wildman–Crippen MR) is 111 cm³/mol. The van der Waals surface area contributed by atoms with Gasteiger partial charge in [0.05, 0.1) is 22.7 Å². The van der Waals surface area contributed by atoms with E-state index < -0.39 is 6.61 Å². The number of carbonyl (C=O) groups is 1. The third kappa shape index (κ3) is 4.71. The Morgan fingerprint density at radius 3 is 2.73 bits per heavy atom. The lowest BCUT2D eigenvalue weighted by molar-refractivity contribution is -0.115. The molecule has 1 aromatic carbocycles. The number of oxazole rings is 1. The molecule has 0 unspecified atom stereocenters. The minimum atomic E-state index is -2.87. The van der Waals surface area contributed by atoms with E-state index in [1.807, 2.05) is 24.4 Å². The van der Waals surface area contributed by atoms with Crippen molar-refractivity contribution in [1.29, 1.82) is 0 Å². The molecule has 1 amide bonds. The lowest BCUT2D eigenvalue weighted by Gasteiger charge is -2.05. The number of thiophene rings is 1. The van der Waals surface area contributed by atoms with Gasteiger partial charge in [-0.05, 0) is 42.6 Å². The number of halogens is 2. The topological polar surface area (TPSA) is 77.3 Å². The Balaban J connectivity index is 1.41. The molecular weight excluding hydrogens is 432 g/mol. The number of hydrogen-bond donors (Lipinski definition) is 1. The Morgan fingerprint density at radius 2 is 2.03 bits per heavy atom. The minimum Gasteiger partial charge on any atom is -0.444 e. The van der Waals surface area contributed by atoms with E-state index >= 15 is 0 Å². The number of ether oxygens (including phenoxy) is 1. The molecule has 0 saturated heterocycles. The van der Waals surface area contributed by atoms with E-state index in [-0.39, 0.29) is 18.1 Å². The first-order chi connectivity index (χ1) is 14.5. The van der Waals surface area contributed by atoms with Crippen LogP contribution in [0.1, 0.15) is 10.6 Å². The molecule has 0 bridgehead atoms. The number of aromatic nitrogens is 2. The molecule has 0 saturated carbocycles. The van der Waals surface area contributed by atoms with Crippen molar-refractivity contribution in [3.8, 4) is 27.8 Å². The molecule has 0 radical (unpaired) electrons. The van der Waals surface area contributed by atoms with Gasteiger partial charge in [-0.25, -0.2) is 9.97 Å². The van der Waals surface area contributed by atoms with Crippen LogP contribution in [-0.2, 0) is 11.2 Å². The van der Waals surface area contributed by atoms with Gasteiger partial charge < -0.3 is 14.5 Å². The van der Waals surface area contributed by atoms with Gasteiger partial charge in [0.25, 0.3) is 0 Å². The number of aryl methyl sites for hydroxylation is 1. The zero-order valence-corrected chi connectivity index (χ0v) is 17.2. The summed E-state index contributed by atoms with van der Waals surface area (Å²) in [5, 5.41) is 5.14. The molecule has 1 N–H and O–H groups in total. The molecule has 4 rings (SSSR count). The number of benzene rings is 1. The van der Waals surface area contributed by atoms with Gasteiger partial charge in [-0.1, -0.05) is 6.07 Å². The number of nitrogens with one attached hydrogen (secondary N) is 1. The fourth-order valence-electron chi connectivity index (χ4n) is 2.74. The molecule has 10 heteroatoms. The maximum Gasteiger partial charge on any atom is 0.387 e. The Kier molecular flexibility index (Phi) is 5.86. The first-order valence-electron chi connectivity index (χ1n) is 8.79. The predicted octanol–water partition coefficient (Wildman–Crippen LogP) is 5.62. The highest BCUT2D eigenvalue weighted by atomic mass is 32.1. The third-order valence-corrected chi connectivity index (χ3v) is 5.77. The molecule has 4 aromatic rings. The summed E-state index contributed by atoms with van der Waals surface area (Å²) in [5.74, 6) is 0.297. The fourth-order valence-corrected chi connectivity index (χ4v) is 4.25. The van der Waals surface area contributed by atoms with Crippen LogP contribution >= 0.6 is 22.7 Å². The number of nitrogens with zero attached hydrogens (tertiary/aromatic N) is 2. The molecule has 6 nitrogen and oxygen atoms in total. The van der Waals surface area contributed by atoms with Crippen molar-refractivity contribution in [2.75, 3.05) is 5.32 Å². The summed E-state index contributed by atoms with van der Waals surface area (Å²) in [6.07, 6.45) is 1.53. The Morgan fingerprint density at radius 1 is 1.23 bits per heavy atom. The molecule has 0 aliphatic carbocycles. The monoisotopic (exact) mass is 447 g/mol. The van der Waals surface area contributed by atoms with Crippen LogP contribution in [0.15, 0.2) is 52.5 Å². The summed E-state index contributed by atoms with van der Waals surface area (Å²) in [6.45, 7) is -0.998. The number of carbonyl (C=O) groups excluding carboxylic acids is 1. The number of hydrogen-bond acceptors (Lipinski definition) is 7. The summed E-state index contributed by atoms with van der Waals surface area (Å²) in [6, 6.07) is 9.99. The van der Waals surface area contributed by atoms with Crippen molar-refractivity contribution in [1.82, 2.24) is 9.97 Å². The molecule has 154 valence electrons. The van der Waals surface area contributed by atoms with Crippen molar-refractivity contribution in [2.24, 2.45) is 0 Å². The highest BCUT2D eigenvalue weighted by Gasteiger charge is 2.15. The molecule has 0 spiro atoms. The molecule has 0 aliphatic heterocycles. The quantitative estimate of drug-likeness (QED) is 0.398. The maximum absolute atomic E-state index is 12.4. The van der Waals surface area contributed by atoms with Gasteiger partial charge in [0.2, 0.25) is 11.8 Å². The highest BCUT2D eigenvalue weighted by Crippen LogP contribution is 2.31. The molecule has 3 aromatic heterocycles. The molecule has 30 heavy (non-hydrogen) atoms. The third-order valence-electron chi connectivity index (χ3n) is 4.02. The summed E-state index contributed by atoms with van der Waals surface area (Å²) < 4.78 is 34.3. The summed E-state index contributed by atoms with van der Waals surface area (Å²) in [4.78, 5) is 22.9. The van der Waals surface area contributed by atoms with Crippen LogP contribution in [0.3, 0.4) is 0 Å². The van der Waals surface area contributed by atoms with E-state index in [1.165, 1.54) is 41.1 Å². The summed E-state index contributed by atoms with van der Waals surface area (Å²) >= 11 is 2.84. The normalized spacial score (nSPS) is 11.1. The van der Waals surface area contributed by atoms with Gasteiger partial charge in [-0.15, -0.1) is 22.7 Å². The van der Waals surface area contributed by atoms with E-state index in [4.69, 9.17) is 4.42 Å². The second-order valence-electron chi connectivity index (χ2n) is 6.17. The number of alkyl halides is 2. The minimum absolute atomic E-state index is 0.0580. The van der Waals surface area contributed by atoms with Crippen LogP contribution in [0.4, 0.5) is 13.9 Å². The van der Waals surface area contributed by atoms with Crippen molar-refractivity contribution in [3.63, 3.8) is 0 Å². The molecule has 0 aliphatic rings. The van der Waals surface area contributed by atoms with Crippen LogP contribution < -0.4 is 10.1 Å². The molecule has 0 fully saturated rings. The lowest BCUT2D eigenvalue weighted by atomic mass is 10.1. The van der Waals surface area contributed by atoms with E-state index in [2.05, 4.69) is 20.0 Å². The Hall–Kier alpha value is -3.11. The molecule has 3 heterocycles. The van der Waals surface area contributed by atoms with E-state index in [1.54, 1.807) is 12.1 Å². The van der Waals surface area contributed by atoms with Crippen molar-refractivity contribution in [3.05, 3.63) is 58.6 Å². The lowest BCUT2D eigenvalue weighted by Crippen LogP contribution is -2.14. The van der Waals surface area contributed by atoms with Gasteiger partial charge in [0, 0.05) is 10.4 Å². The summed E-state index contributed by atoms with van der Waals surface area (Å²) in [5.41, 5.74) is 1.93. The van der Waals surface area contributed by atoms with Crippen LogP contribution in [0.5, 0.6) is 5.75 Å². The van der Waals surface area contributed by atoms with Crippen LogP contribution in [0, 0.1) is 6.92 Å². The van der Waals surface area contributed by atoms with Gasteiger partial charge >= 0.3 is 6.61 Å². The second-order valence-corrected chi connectivity index (χ2v) is 8.32. The van der Waals surface area contributed by atoms with Gasteiger partial charge in [0.1, 0.15) is 12.0 Å². The van der Waals surface area contributed by atoms with Crippen molar-refractivity contribution in [2.45, 2.75) is 20.0 Å². The standard InChI is InChI=1S/C20H15F2N3O3S2/c1-11-17(12-4-6-14(7-5-12)28-19(21)22)25-20(30-11)24-16(26)9-13-10-27-18(23-13)15-3-2-8-29-15/h2-8,10,19H,9H2,1H3,(H,24,25,26). The van der Waals surface area contributed by atoms with Crippen LogP contribution in [0.2, 0.25) is 0 Å². The number of rotatable bonds is 7. The number of amides is 1. The average Bonchev–Trinajstić information content (AvgIpc) is 3.43. The van der Waals surface area contributed by atoms with Gasteiger partial charge in [0.15, 0.2) is 5.13 Å². The Bertz CT molecular complexity index is 1140. The van der Waals surface area contributed by atoms with E-state index in [0.29, 0.717) is 22.4 Å². The first-order valence-corrected chi connectivity index (χ1v) is 10.5. The van der Waals surface area contributed by atoms with E-state index in [9.17, 15) is 13.6 Å². The van der Waals surface area contributed by atoms with Gasteiger partial charge in [-0.3, -0.25) is 4.79 Å².